The highest BCUT2D eigenvalue weighted by Crippen LogP contribution is 2.17. The van der Waals surface area contributed by atoms with Gasteiger partial charge in [-0.25, -0.2) is 4.39 Å². The second kappa shape index (κ2) is 7.64. The summed E-state index contributed by atoms with van der Waals surface area (Å²) in [5.74, 6) is 0.212. The second-order valence-corrected chi connectivity index (χ2v) is 5.59. The maximum atomic E-state index is 13.5. The highest BCUT2D eigenvalue weighted by Gasteiger charge is 2.10. The van der Waals surface area contributed by atoms with E-state index in [2.05, 4.69) is 22.9 Å². The summed E-state index contributed by atoms with van der Waals surface area (Å²) < 4.78 is 14.3. The summed E-state index contributed by atoms with van der Waals surface area (Å²) in [7, 11) is 0. The van der Waals surface area contributed by atoms with Crippen LogP contribution in [0.2, 0.25) is 0 Å². The fourth-order valence-electron chi connectivity index (χ4n) is 1.82. The maximum Gasteiger partial charge on any atom is 0.137 e. The third-order valence-electron chi connectivity index (χ3n) is 2.97. The van der Waals surface area contributed by atoms with E-state index in [1.165, 1.54) is 6.07 Å². The van der Waals surface area contributed by atoms with Crippen LogP contribution in [0.3, 0.4) is 0 Å². The summed E-state index contributed by atoms with van der Waals surface area (Å²) in [6, 6.07) is 4.67. The highest BCUT2D eigenvalue weighted by atomic mass is 79.9. The normalized spacial score (nSPS) is 12.4. The van der Waals surface area contributed by atoms with Crippen molar-refractivity contribution in [1.82, 2.24) is 0 Å². The van der Waals surface area contributed by atoms with Crippen molar-refractivity contribution in [3.05, 3.63) is 34.1 Å². The largest absolute Gasteiger partial charge is 0.330 e. The van der Waals surface area contributed by atoms with Gasteiger partial charge in [0, 0.05) is 17.3 Å². The molecule has 0 radical (unpaired) electrons. The van der Waals surface area contributed by atoms with E-state index in [9.17, 15) is 9.18 Å². The molecular formula is C14H19BrFNO. The minimum atomic E-state index is -0.318. The molecule has 0 aliphatic rings. The Morgan fingerprint density at radius 3 is 2.83 bits per heavy atom. The highest BCUT2D eigenvalue weighted by molar-refractivity contribution is 9.10. The molecule has 0 amide bonds. The van der Waals surface area contributed by atoms with Gasteiger partial charge in [-0.15, -0.1) is 0 Å². The molecule has 0 heterocycles. The van der Waals surface area contributed by atoms with Crippen LogP contribution in [0.25, 0.3) is 0 Å². The van der Waals surface area contributed by atoms with Crippen molar-refractivity contribution in [2.45, 2.75) is 32.6 Å². The molecular weight excluding hydrogens is 297 g/mol. The summed E-state index contributed by atoms with van der Waals surface area (Å²) in [6.45, 7) is 2.73. The molecule has 1 aromatic rings. The number of rotatable bonds is 7. The Balaban J connectivity index is 2.47. The van der Waals surface area contributed by atoms with E-state index in [1.807, 2.05) is 0 Å². The molecule has 0 spiro atoms. The molecule has 1 unspecified atom stereocenters. The van der Waals surface area contributed by atoms with Crippen LogP contribution in [0.5, 0.6) is 0 Å². The summed E-state index contributed by atoms with van der Waals surface area (Å²) in [6.07, 6.45) is 2.41. The maximum absolute atomic E-state index is 13.5. The quantitative estimate of drug-likeness (QED) is 0.837. The first kappa shape index (κ1) is 15.3. The van der Waals surface area contributed by atoms with Crippen LogP contribution in [-0.2, 0) is 11.2 Å². The number of ketones is 1. The number of carbonyl (C=O) groups excluding carboxylic acids is 1. The van der Waals surface area contributed by atoms with E-state index >= 15 is 0 Å². The van der Waals surface area contributed by atoms with Crippen molar-refractivity contribution in [2.75, 3.05) is 6.54 Å². The first-order chi connectivity index (χ1) is 8.52. The molecule has 1 rings (SSSR count). The Morgan fingerprint density at radius 1 is 1.44 bits per heavy atom. The predicted octanol–water partition coefficient (Wildman–Crippen LogP) is 3.46. The van der Waals surface area contributed by atoms with Crippen molar-refractivity contribution in [3.8, 4) is 0 Å². The third-order valence-corrected chi connectivity index (χ3v) is 3.46. The lowest BCUT2D eigenvalue weighted by molar-refractivity contribution is -0.118. The first-order valence-corrected chi connectivity index (χ1v) is 6.98. The Bertz CT molecular complexity index is 409. The van der Waals surface area contributed by atoms with Gasteiger partial charge in [-0.1, -0.05) is 22.9 Å². The molecule has 0 aliphatic carbocycles. The van der Waals surface area contributed by atoms with Gasteiger partial charge in [0.15, 0.2) is 0 Å². The van der Waals surface area contributed by atoms with E-state index < -0.39 is 0 Å². The number of hydrogen-bond donors (Lipinski definition) is 1. The van der Waals surface area contributed by atoms with Gasteiger partial charge in [-0.3, -0.25) is 4.79 Å². The Kier molecular flexibility index (Phi) is 6.50. The first-order valence-electron chi connectivity index (χ1n) is 6.18. The van der Waals surface area contributed by atoms with Gasteiger partial charge in [0.05, 0.1) is 0 Å². The van der Waals surface area contributed by atoms with Crippen molar-refractivity contribution >= 4 is 21.7 Å². The molecule has 1 aromatic carbocycles. The van der Waals surface area contributed by atoms with Gasteiger partial charge >= 0.3 is 0 Å². The van der Waals surface area contributed by atoms with Crippen LogP contribution >= 0.6 is 15.9 Å². The summed E-state index contributed by atoms with van der Waals surface area (Å²) in [4.78, 5) is 11.8. The Hall–Kier alpha value is -0.740. The van der Waals surface area contributed by atoms with Crippen LogP contribution in [0.1, 0.15) is 31.7 Å². The molecule has 2 N–H and O–H groups in total. The predicted molar refractivity (Wildman–Crippen MR) is 74.9 cm³/mol. The van der Waals surface area contributed by atoms with E-state index in [-0.39, 0.29) is 18.0 Å². The Morgan fingerprint density at radius 2 is 2.17 bits per heavy atom. The van der Waals surface area contributed by atoms with Gasteiger partial charge in [-0.05, 0) is 49.1 Å². The number of hydrogen-bond acceptors (Lipinski definition) is 2. The molecule has 2 nitrogen and oxygen atoms in total. The number of nitrogens with two attached hydrogens (primary N) is 1. The van der Waals surface area contributed by atoms with Crippen LogP contribution in [0.15, 0.2) is 22.7 Å². The lowest BCUT2D eigenvalue weighted by Gasteiger charge is -2.09. The number of carbonyl (C=O) groups is 1. The van der Waals surface area contributed by atoms with Crippen molar-refractivity contribution < 1.29 is 9.18 Å². The lowest BCUT2D eigenvalue weighted by Crippen LogP contribution is -2.10. The average molecular weight is 316 g/mol. The van der Waals surface area contributed by atoms with E-state index in [1.54, 1.807) is 12.1 Å². The summed E-state index contributed by atoms with van der Waals surface area (Å²) in [5.41, 5.74) is 5.92. The smallest absolute Gasteiger partial charge is 0.137 e. The average Bonchev–Trinajstić information content (AvgIpc) is 2.32. The fourth-order valence-corrected chi connectivity index (χ4v) is 2.22. The molecule has 0 saturated heterocycles. The van der Waals surface area contributed by atoms with Crippen LogP contribution in [0.4, 0.5) is 4.39 Å². The zero-order valence-electron chi connectivity index (χ0n) is 10.6. The van der Waals surface area contributed by atoms with Crippen LogP contribution in [-0.4, -0.2) is 12.3 Å². The molecule has 0 aromatic heterocycles. The monoisotopic (exact) mass is 315 g/mol. The SMILES string of the molecule is CC(CCN)CCC(=O)Cc1cc(Br)ccc1F. The fraction of sp³-hybridized carbons (Fsp3) is 0.500. The molecule has 0 aliphatic heterocycles. The molecule has 0 saturated carbocycles. The van der Waals surface area contributed by atoms with Gasteiger partial charge in [-0.2, -0.15) is 0 Å². The standard InChI is InChI=1S/C14H19BrFNO/c1-10(6-7-17)2-4-13(18)9-11-8-12(15)3-5-14(11)16/h3,5,8,10H,2,4,6-7,9,17H2,1H3. The molecule has 0 fully saturated rings. The molecule has 4 heteroatoms. The van der Waals surface area contributed by atoms with Crippen LogP contribution in [0, 0.1) is 11.7 Å². The van der Waals surface area contributed by atoms with Gasteiger partial charge in [0.1, 0.15) is 11.6 Å². The third kappa shape index (κ3) is 5.27. The van der Waals surface area contributed by atoms with E-state index in [0.29, 0.717) is 24.4 Å². The number of halogens is 2. The number of benzene rings is 1. The van der Waals surface area contributed by atoms with Crippen molar-refractivity contribution in [1.29, 1.82) is 0 Å². The minimum Gasteiger partial charge on any atom is -0.330 e. The van der Waals surface area contributed by atoms with E-state index in [4.69, 9.17) is 5.73 Å². The van der Waals surface area contributed by atoms with Gasteiger partial charge in [0.25, 0.3) is 0 Å². The minimum absolute atomic E-state index is 0.0795. The molecule has 100 valence electrons. The molecule has 1 atom stereocenters. The van der Waals surface area contributed by atoms with Crippen LogP contribution < -0.4 is 5.73 Å². The second-order valence-electron chi connectivity index (χ2n) is 4.67. The number of Topliss-reactive ketones (excluding diaryl/α,β-unsaturated/α-hetero) is 1. The van der Waals surface area contributed by atoms with Gasteiger partial charge < -0.3 is 5.73 Å². The zero-order chi connectivity index (χ0) is 13.5. The summed E-state index contributed by atoms with van der Waals surface area (Å²) in [5, 5.41) is 0. The lowest BCUT2D eigenvalue weighted by atomic mass is 9.97. The topological polar surface area (TPSA) is 43.1 Å². The molecule has 0 bridgehead atoms. The van der Waals surface area contributed by atoms with Crippen molar-refractivity contribution in [2.24, 2.45) is 11.7 Å². The zero-order valence-corrected chi connectivity index (χ0v) is 12.2. The van der Waals surface area contributed by atoms with Crippen molar-refractivity contribution in [3.63, 3.8) is 0 Å². The molecule has 18 heavy (non-hydrogen) atoms. The van der Waals surface area contributed by atoms with E-state index in [0.717, 1.165) is 17.3 Å². The summed E-state index contributed by atoms with van der Waals surface area (Å²) >= 11 is 3.28. The Labute approximate surface area is 116 Å². The van der Waals surface area contributed by atoms with Gasteiger partial charge in [0.2, 0.25) is 0 Å².